The third kappa shape index (κ3) is 3.50. The van der Waals surface area contributed by atoms with Gasteiger partial charge in [-0.15, -0.1) is 0 Å². The van der Waals surface area contributed by atoms with Crippen LogP contribution in [0.2, 0.25) is 0 Å². The maximum atomic E-state index is 5.52. The van der Waals surface area contributed by atoms with Gasteiger partial charge < -0.3 is 9.47 Å². The maximum absolute atomic E-state index is 5.52. The Bertz CT molecular complexity index is 296. The molecule has 2 heteroatoms. The van der Waals surface area contributed by atoms with Crippen LogP contribution in [0.25, 0.3) is 0 Å². The fourth-order valence-electron chi connectivity index (χ4n) is 1.61. The van der Waals surface area contributed by atoms with E-state index in [-0.39, 0.29) is 6.29 Å². The van der Waals surface area contributed by atoms with Crippen LogP contribution in [0.15, 0.2) is 42.5 Å². The van der Waals surface area contributed by atoms with Gasteiger partial charge >= 0.3 is 0 Å². The average Bonchev–Trinajstić information content (AvgIpc) is 2.56. The topological polar surface area (TPSA) is 18.5 Å². The second-order valence-electron chi connectivity index (χ2n) is 3.59. The molecule has 0 atom stereocenters. The van der Waals surface area contributed by atoms with E-state index < -0.39 is 0 Å². The minimum absolute atomic E-state index is 0.0554. The summed E-state index contributed by atoms with van der Waals surface area (Å²) >= 11 is 0. The van der Waals surface area contributed by atoms with Crippen LogP contribution in [0.5, 0.6) is 0 Å². The molecule has 2 nitrogen and oxygen atoms in total. The van der Waals surface area contributed by atoms with Crippen molar-refractivity contribution in [3.05, 3.63) is 48.0 Å². The van der Waals surface area contributed by atoms with Crippen molar-refractivity contribution in [1.82, 2.24) is 0 Å². The molecule has 0 radical (unpaired) electrons. The molecule has 80 valence electrons. The normalized spacial score (nSPS) is 17.6. The van der Waals surface area contributed by atoms with Crippen LogP contribution in [0, 0.1) is 0 Å². The minimum Gasteiger partial charge on any atom is -0.349 e. The summed E-state index contributed by atoms with van der Waals surface area (Å²) < 4.78 is 11.0. The van der Waals surface area contributed by atoms with Gasteiger partial charge in [0.25, 0.3) is 0 Å². The molecule has 1 heterocycles. The summed E-state index contributed by atoms with van der Waals surface area (Å²) in [5.41, 5.74) is 1.34. The quantitative estimate of drug-likeness (QED) is 0.704. The van der Waals surface area contributed by atoms with Crippen LogP contribution in [-0.4, -0.2) is 19.5 Å². The molecule has 0 aromatic heterocycles. The summed E-state index contributed by atoms with van der Waals surface area (Å²) in [6.45, 7) is 1.33. The van der Waals surface area contributed by atoms with Crippen molar-refractivity contribution in [2.75, 3.05) is 13.2 Å². The second-order valence-corrected chi connectivity index (χ2v) is 3.59. The number of ether oxygens (including phenoxy) is 2. The number of hydrogen-bond donors (Lipinski definition) is 0. The first-order valence-electron chi connectivity index (χ1n) is 5.37. The van der Waals surface area contributed by atoms with Crippen molar-refractivity contribution in [3.8, 4) is 0 Å². The van der Waals surface area contributed by atoms with E-state index >= 15 is 0 Å². The van der Waals surface area contributed by atoms with Gasteiger partial charge in [-0.3, -0.25) is 0 Å². The van der Waals surface area contributed by atoms with Crippen molar-refractivity contribution >= 4 is 0 Å². The minimum atomic E-state index is -0.0554. The largest absolute Gasteiger partial charge is 0.349 e. The Balaban J connectivity index is 1.78. The third-order valence-electron chi connectivity index (χ3n) is 2.43. The molecule has 0 bridgehead atoms. The van der Waals surface area contributed by atoms with Gasteiger partial charge in [0, 0.05) is 6.42 Å². The molecule has 2 rings (SSSR count). The Labute approximate surface area is 90.5 Å². The molecule has 15 heavy (non-hydrogen) atoms. The van der Waals surface area contributed by atoms with Crippen molar-refractivity contribution in [2.45, 2.75) is 19.1 Å². The lowest BCUT2D eigenvalue weighted by Crippen LogP contribution is -2.16. The highest BCUT2D eigenvalue weighted by Gasteiger charge is 2.09. The monoisotopic (exact) mass is 204 g/mol. The highest BCUT2D eigenvalue weighted by molar-refractivity contribution is 5.14. The van der Waals surface area contributed by atoms with Crippen LogP contribution in [0.1, 0.15) is 12.0 Å². The molecular weight excluding hydrogens is 188 g/mol. The van der Waals surface area contributed by atoms with Crippen molar-refractivity contribution in [1.29, 1.82) is 0 Å². The van der Waals surface area contributed by atoms with Crippen molar-refractivity contribution in [3.63, 3.8) is 0 Å². The van der Waals surface area contributed by atoms with Crippen LogP contribution in [-0.2, 0) is 15.9 Å². The summed E-state index contributed by atoms with van der Waals surface area (Å²) in [5.74, 6) is 0. The number of benzene rings is 1. The number of hydrogen-bond acceptors (Lipinski definition) is 2. The van der Waals surface area contributed by atoms with Gasteiger partial charge in [0.1, 0.15) is 0 Å². The summed E-state index contributed by atoms with van der Waals surface area (Å²) in [6.07, 6.45) is 5.88. The SMILES string of the molecule is C1=CCOC(CCc2ccccc2)OC1. The Kier molecular flexibility index (Phi) is 3.94. The predicted molar refractivity (Wildman–Crippen MR) is 59.6 cm³/mol. The molecule has 1 aromatic rings. The zero-order chi connectivity index (χ0) is 10.3. The Hall–Kier alpha value is -1.12. The summed E-state index contributed by atoms with van der Waals surface area (Å²) in [7, 11) is 0. The lowest BCUT2D eigenvalue weighted by molar-refractivity contribution is -0.125. The van der Waals surface area contributed by atoms with Crippen molar-refractivity contribution in [2.24, 2.45) is 0 Å². The van der Waals surface area contributed by atoms with Gasteiger partial charge in [-0.2, -0.15) is 0 Å². The van der Waals surface area contributed by atoms with E-state index in [1.807, 2.05) is 18.2 Å². The molecule has 0 aliphatic carbocycles. The lowest BCUT2D eigenvalue weighted by Gasteiger charge is -2.14. The fourth-order valence-corrected chi connectivity index (χ4v) is 1.61. The van der Waals surface area contributed by atoms with Crippen LogP contribution in [0.3, 0.4) is 0 Å². The standard InChI is InChI=1S/C13H16O2/c1-2-6-12(7-3-1)8-9-13-14-10-4-5-11-15-13/h1-7,13H,8-11H2. The van der Waals surface area contributed by atoms with Crippen LogP contribution < -0.4 is 0 Å². The molecule has 0 fully saturated rings. The van der Waals surface area contributed by atoms with E-state index in [9.17, 15) is 0 Å². The summed E-state index contributed by atoms with van der Waals surface area (Å²) in [4.78, 5) is 0. The van der Waals surface area contributed by atoms with Crippen molar-refractivity contribution < 1.29 is 9.47 Å². The van der Waals surface area contributed by atoms with E-state index in [4.69, 9.17) is 9.47 Å². The average molecular weight is 204 g/mol. The Morgan fingerprint density at radius 3 is 2.33 bits per heavy atom. The maximum Gasteiger partial charge on any atom is 0.158 e. The van der Waals surface area contributed by atoms with Gasteiger partial charge in [0.05, 0.1) is 13.2 Å². The second kappa shape index (κ2) is 5.69. The van der Waals surface area contributed by atoms with Gasteiger partial charge in [-0.25, -0.2) is 0 Å². The van der Waals surface area contributed by atoms with Gasteiger partial charge in [0.2, 0.25) is 0 Å². The van der Waals surface area contributed by atoms with E-state index in [0.717, 1.165) is 12.8 Å². The Morgan fingerprint density at radius 1 is 1.00 bits per heavy atom. The molecule has 1 aliphatic heterocycles. The molecule has 0 saturated carbocycles. The third-order valence-corrected chi connectivity index (χ3v) is 2.43. The Morgan fingerprint density at radius 2 is 1.67 bits per heavy atom. The number of aryl methyl sites for hydroxylation is 1. The summed E-state index contributed by atoms with van der Waals surface area (Å²) in [6, 6.07) is 10.4. The first-order valence-corrected chi connectivity index (χ1v) is 5.37. The van der Waals surface area contributed by atoms with Crippen LogP contribution in [0.4, 0.5) is 0 Å². The zero-order valence-corrected chi connectivity index (χ0v) is 8.76. The lowest BCUT2D eigenvalue weighted by atomic mass is 10.1. The number of rotatable bonds is 3. The van der Waals surface area contributed by atoms with Gasteiger partial charge in [0.15, 0.2) is 6.29 Å². The highest BCUT2D eigenvalue weighted by atomic mass is 16.7. The summed E-state index contributed by atoms with van der Waals surface area (Å²) in [5, 5.41) is 0. The fraction of sp³-hybridized carbons (Fsp3) is 0.385. The molecule has 1 aliphatic rings. The van der Waals surface area contributed by atoms with E-state index in [0.29, 0.717) is 13.2 Å². The molecule has 0 unspecified atom stereocenters. The molecule has 0 saturated heterocycles. The van der Waals surface area contributed by atoms with Gasteiger partial charge in [-0.1, -0.05) is 42.5 Å². The van der Waals surface area contributed by atoms with E-state index in [1.54, 1.807) is 0 Å². The first kappa shape index (κ1) is 10.4. The van der Waals surface area contributed by atoms with Crippen LogP contribution >= 0.6 is 0 Å². The first-order chi connectivity index (χ1) is 7.45. The molecule has 0 spiro atoms. The van der Waals surface area contributed by atoms with Gasteiger partial charge in [-0.05, 0) is 12.0 Å². The van der Waals surface area contributed by atoms with E-state index in [2.05, 4.69) is 24.3 Å². The highest BCUT2D eigenvalue weighted by Crippen LogP contribution is 2.10. The van der Waals surface area contributed by atoms with E-state index in [1.165, 1.54) is 5.56 Å². The predicted octanol–water partition coefficient (Wildman–Crippen LogP) is 2.55. The zero-order valence-electron chi connectivity index (χ0n) is 8.76. The molecule has 0 amide bonds. The molecular formula is C13H16O2. The molecule has 0 N–H and O–H groups in total. The smallest absolute Gasteiger partial charge is 0.158 e. The molecule has 1 aromatic carbocycles.